The molecule has 2 nitrogen and oxygen atoms in total. The van der Waals surface area contributed by atoms with E-state index in [1.54, 1.807) is 0 Å². The molecule has 0 N–H and O–H groups in total. The summed E-state index contributed by atoms with van der Waals surface area (Å²) in [6.45, 7) is 13.4. The van der Waals surface area contributed by atoms with Crippen molar-refractivity contribution >= 4 is 28.5 Å². The van der Waals surface area contributed by atoms with Crippen LogP contribution in [0.4, 0.5) is 11.4 Å². The van der Waals surface area contributed by atoms with Gasteiger partial charge in [-0.1, -0.05) is 71.8 Å². The van der Waals surface area contributed by atoms with Crippen LogP contribution in [0.1, 0.15) is 56.6 Å². The average Bonchev–Trinajstić information content (AvgIpc) is 3.26. The molecule has 0 aromatic heterocycles. The molecule has 0 fully saturated rings. The summed E-state index contributed by atoms with van der Waals surface area (Å²) in [4.78, 5) is 2.56. The second-order valence-corrected chi connectivity index (χ2v) is 10.1. The Bertz CT molecular complexity index is 1440. The molecule has 1 aliphatic carbocycles. The zero-order valence-corrected chi connectivity index (χ0v) is 20.4. The van der Waals surface area contributed by atoms with Crippen LogP contribution in [0.15, 0.2) is 60.7 Å². The molecule has 0 bridgehead atoms. The van der Waals surface area contributed by atoms with E-state index in [0.29, 0.717) is 0 Å². The van der Waals surface area contributed by atoms with E-state index in [-0.39, 0.29) is 12.1 Å². The Morgan fingerprint density at radius 3 is 1.82 bits per heavy atom. The maximum Gasteiger partial charge on any atom is 0.245 e. The molecular weight excluding hydrogens is 400 g/mol. The van der Waals surface area contributed by atoms with Crippen molar-refractivity contribution < 1.29 is 4.58 Å². The summed E-state index contributed by atoms with van der Waals surface area (Å²) < 4.78 is 2.56. The summed E-state index contributed by atoms with van der Waals surface area (Å²) in [5.74, 6) is 0. The Hall–Kier alpha value is -3.39. The predicted molar refractivity (Wildman–Crippen MR) is 139 cm³/mol. The van der Waals surface area contributed by atoms with Gasteiger partial charge in [-0.2, -0.15) is 0 Å². The van der Waals surface area contributed by atoms with E-state index in [1.807, 2.05) is 0 Å². The summed E-state index contributed by atoms with van der Waals surface area (Å²) >= 11 is 0. The van der Waals surface area contributed by atoms with Gasteiger partial charge in [-0.3, -0.25) is 0 Å². The fraction of sp³-hybridized carbons (Fsp3) is 0.258. The maximum absolute atomic E-state index is 2.56. The van der Waals surface area contributed by atoms with Gasteiger partial charge in [0.15, 0.2) is 12.1 Å². The normalized spacial score (nSPS) is 18.7. The number of rotatable bonds is 2. The van der Waals surface area contributed by atoms with Crippen molar-refractivity contribution in [3.05, 3.63) is 105 Å². The third kappa shape index (κ3) is 2.83. The Morgan fingerprint density at radius 1 is 0.667 bits per heavy atom. The van der Waals surface area contributed by atoms with Gasteiger partial charge < -0.3 is 0 Å². The number of hydrogen-bond donors (Lipinski definition) is 0. The number of anilines is 1. The van der Waals surface area contributed by atoms with Gasteiger partial charge in [0.2, 0.25) is 6.34 Å². The fourth-order valence-corrected chi connectivity index (χ4v) is 6.67. The molecule has 0 spiro atoms. The van der Waals surface area contributed by atoms with Crippen molar-refractivity contribution in [2.75, 3.05) is 4.90 Å². The maximum atomic E-state index is 2.56. The summed E-state index contributed by atoms with van der Waals surface area (Å²) in [5.41, 5.74) is 13.6. The van der Waals surface area contributed by atoms with Gasteiger partial charge in [0.1, 0.15) is 11.4 Å². The zero-order valence-electron chi connectivity index (χ0n) is 20.4. The molecule has 2 atom stereocenters. The van der Waals surface area contributed by atoms with E-state index in [2.05, 4.69) is 118 Å². The molecular formula is C31H31N2+. The van der Waals surface area contributed by atoms with E-state index in [9.17, 15) is 0 Å². The second kappa shape index (κ2) is 7.05. The number of aryl methyl sites for hydroxylation is 6. The van der Waals surface area contributed by atoms with Gasteiger partial charge in [0.25, 0.3) is 0 Å². The molecule has 1 aliphatic heterocycles. The topological polar surface area (TPSA) is 6.25 Å². The van der Waals surface area contributed by atoms with E-state index in [0.717, 1.165) is 0 Å². The third-order valence-corrected chi connectivity index (χ3v) is 7.54. The lowest BCUT2D eigenvalue weighted by Crippen LogP contribution is -2.25. The van der Waals surface area contributed by atoms with Gasteiger partial charge in [-0.15, -0.1) is 0 Å². The van der Waals surface area contributed by atoms with Crippen LogP contribution >= 0.6 is 0 Å². The molecule has 4 aromatic rings. The van der Waals surface area contributed by atoms with Crippen LogP contribution in [0.3, 0.4) is 0 Å². The molecule has 0 radical (unpaired) electrons. The number of hydrogen-bond acceptors (Lipinski definition) is 1. The van der Waals surface area contributed by atoms with Gasteiger partial charge in [0.05, 0.1) is 0 Å². The Morgan fingerprint density at radius 2 is 1.21 bits per heavy atom. The Labute approximate surface area is 196 Å². The number of benzene rings is 4. The molecule has 1 heterocycles. The standard InChI is InChI=1S/C31H31N2/c1-18-13-20(3)28(21(4)14-18)32-17-33(29-22(5)15-19(2)16-23(29)6)31-26-12-8-10-24-9-7-11-25(27(24)26)30(31)32/h7-17,30-31H,1-6H3/q+1. The Balaban J connectivity index is 1.67. The van der Waals surface area contributed by atoms with Gasteiger partial charge in [-0.05, 0) is 74.6 Å². The van der Waals surface area contributed by atoms with Crippen molar-refractivity contribution in [2.45, 2.75) is 53.6 Å². The second-order valence-electron chi connectivity index (χ2n) is 10.1. The van der Waals surface area contributed by atoms with Crippen molar-refractivity contribution in [1.29, 1.82) is 0 Å². The van der Waals surface area contributed by atoms with Crippen LogP contribution in [0.25, 0.3) is 10.8 Å². The van der Waals surface area contributed by atoms with Crippen LogP contribution in [0, 0.1) is 41.5 Å². The summed E-state index contributed by atoms with van der Waals surface area (Å²) in [7, 11) is 0. The first-order valence-electron chi connectivity index (χ1n) is 11.9. The quantitative estimate of drug-likeness (QED) is 0.295. The summed E-state index contributed by atoms with van der Waals surface area (Å²) in [6.07, 6.45) is 2.39. The highest BCUT2D eigenvalue weighted by molar-refractivity contribution is 5.96. The van der Waals surface area contributed by atoms with Gasteiger partial charge in [-0.25, -0.2) is 9.48 Å². The third-order valence-electron chi connectivity index (χ3n) is 7.54. The zero-order chi connectivity index (χ0) is 23.0. The predicted octanol–water partition coefficient (Wildman–Crippen LogP) is 7.68. The lowest BCUT2D eigenvalue weighted by molar-refractivity contribution is -0.480. The average molecular weight is 432 g/mol. The highest BCUT2D eigenvalue weighted by Crippen LogP contribution is 2.54. The van der Waals surface area contributed by atoms with Crippen molar-refractivity contribution in [1.82, 2.24) is 0 Å². The van der Waals surface area contributed by atoms with E-state index in [4.69, 9.17) is 0 Å². The van der Waals surface area contributed by atoms with Crippen LogP contribution < -0.4 is 4.90 Å². The molecule has 0 saturated carbocycles. The van der Waals surface area contributed by atoms with Crippen LogP contribution in [0.5, 0.6) is 0 Å². The molecule has 0 amide bonds. The molecule has 2 aliphatic rings. The minimum absolute atomic E-state index is 0.256. The smallest absolute Gasteiger partial charge is 0.221 e. The largest absolute Gasteiger partial charge is 0.245 e. The number of fused-ring (bicyclic) bond motifs is 3. The molecule has 0 saturated heterocycles. The lowest BCUT2D eigenvalue weighted by Gasteiger charge is -2.22. The fourth-order valence-electron chi connectivity index (χ4n) is 6.67. The van der Waals surface area contributed by atoms with E-state index >= 15 is 0 Å². The van der Waals surface area contributed by atoms with Gasteiger partial charge >= 0.3 is 0 Å². The summed E-state index contributed by atoms with van der Waals surface area (Å²) in [5, 5.41) is 2.77. The van der Waals surface area contributed by atoms with Crippen molar-refractivity contribution in [2.24, 2.45) is 0 Å². The number of nitrogens with zero attached hydrogens (tertiary/aromatic N) is 2. The molecule has 6 rings (SSSR count). The first-order valence-corrected chi connectivity index (χ1v) is 11.9. The van der Waals surface area contributed by atoms with Crippen LogP contribution in [-0.4, -0.2) is 10.9 Å². The minimum Gasteiger partial charge on any atom is -0.221 e. The van der Waals surface area contributed by atoms with Gasteiger partial charge in [0, 0.05) is 11.1 Å². The molecule has 2 heteroatoms. The highest BCUT2D eigenvalue weighted by Gasteiger charge is 2.52. The van der Waals surface area contributed by atoms with E-state index in [1.165, 1.54) is 66.7 Å². The van der Waals surface area contributed by atoms with Crippen molar-refractivity contribution in [3.8, 4) is 0 Å². The highest BCUT2D eigenvalue weighted by atomic mass is 15.3. The molecule has 2 unspecified atom stereocenters. The van der Waals surface area contributed by atoms with Crippen molar-refractivity contribution in [3.63, 3.8) is 0 Å². The van der Waals surface area contributed by atoms with Crippen LogP contribution in [-0.2, 0) is 0 Å². The molecule has 164 valence electrons. The van der Waals surface area contributed by atoms with Crippen LogP contribution in [0.2, 0.25) is 0 Å². The first kappa shape index (κ1) is 20.2. The lowest BCUT2D eigenvalue weighted by atomic mass is 9.98. The SMILES string of the molecule is Cc1cc(C)c(N2C=[N+](c3c(C)cc(C)cc3C)C3c4cccc5cccc(c45)C32)c(C)c1. The first-order chi connectivity index (χ1) is 15.8. The Kier molecular flexibility index (Phi) is 4.32. The monoisotopic (exact) mass is 431 g/mol. The summed E-state index contributed by atoms with van der Waals surface area (Å²) in [6, 6.07) is 23.4. The molecule has 4 aromatic carbocycles. The molecule has 33 heavy (non-hydrogen) atoms. The van der Waals surface area contributed by atoms with E-state index < -0.39 is 0 Å². The minimum atomic E-state index is 0.256.